The zero-order valence-electron chi connectivity index (χ0n) is 9.49. The Balaban J connectivity index is 2.69. The fourth-order valence-electron chi connectivity index (χ4n) is 2.03. The Morgan fingerprint density at radius 1 is 1.33 bits per heavy atom. The second-order valence-electron chi connectivity index (χ2n) is 3.99. The lowest BCUT2D eigenvalue weighted by atomic mass is 9.79. The third-order valence-electron chi connectivity index (χ3n) is 2.96. The van der Waals surface area contributed by atoms with Gasteiger partial charge in [-0.2, -0.15) is 0 Å². The van der Waals surface area contributed by atoms with Gasteiger partial charge in [0.25, 0.3) is 0 Å². The molecule has 1 saturated carbocycles. The molecule has 2 unspecified atom stereocenters. The van der Waals surface area contributed by atoms with Crippen molar-refractivity contribution in [1.82, 2.24) is 0 Å². The predicted octanol–water partition coefficient (Wildman–Crippen LogP) is 1.18. The molecule has 1 rings (SSSR count). The molecule has 0 N–H and O–H groups in total. The summed E-state index contributed by atoms with van der Waals surface area (Å²) in [5.74, 6) is -0.748. The summed E-state index contributed by atoms with van der Waals surface area (Å²) in [7, 11) is 2.81. The first kappa shape index (κ1) is 12.3. The minimum absolute atomic E-state index is 0.0120. The van der Waals surface area contributed by atoms with Gasteiger partial charge in [0.15, 0.2) is 5.78 Å². The third kappa shape index (κ3) is 2.63. The molecular weight excluding hydrogens is 196 g/mol. The molecular formula is C11H18O4. The van der Waals surface area contributed by atoms with E-state index in [9.17, 15) is 9.59 Å². The SMILES string of the molecule is COC(OC)C(=O)C1CCCC(C)C1=O. The van der Waals surface area contributed by atoms with E-state index in [0.29, 0.717) is 6.42 Å². The zero-order valence-corrected chi connectivity index (χ0v) is 9.49. The summed E-state index contributed by atoms with van der Waals surface area (Å²) in [5, 5.41) is 0. The van der Waals surface area contributed by atoms with Crippen LogP contribution in [-0.4, -0.2) is 32.1 Å². The highest BCUT2D eigenvalue weighted by Crippen LogP contribution is 2.27. The van der Waals surface area contributed by atoms with E-state index >= 15 is 0 Å². The van der Waals surface area contributed by atoms with Gasteiger partial charge in [0, 0.05) is 20.1 Å². The van der Waals surface area contributed by atoms with Crippen molar-refractivity contribution in [3.8, 4) is 0 Å². The van der Waals surface area contributed by atoms with Crippen LogP contribution >= 0.6 is 0 Å². The molecule has 15 heavy (non-hydrogen) atoms. The van der Waals surface area contributed by atoms with Gasteiger partial charge in [-0.3, -0.25) is 9.59 Å². The number of ether oxygens (including phenoxy) is 2. The van der Waals surface area contributed by atoms with Crippen molar-refractivity contribution < 1.29 is 19.1 Å². The monoisotopic (exact) mass is 214 g/mol. The molecule has 1 fully saturated rings. The molecule has 0 aliphatic heterocycles. The lowest BCUT2D eigenvalue weighted by Crippen LogP contribution is -2.39. The highest BCUT2D eigenvalue weighted by Gasteiger charge is 2.37. The maximum absolute atomic E-state index is 11.8. The third-order valence-corrected chi connectivity index (χ3v) is 2.96. The van der Waals surface area contributed by atoms with Gasteiger partial charge in [-0.15, -0.1) is 0 Å². The van der Waals surface area contributed by atoms with Crippen molar-refractivity contribution in [2.45, 2.75) is 32.5 Å². The van der Waals surface area contributed by atoms with Gasteiger partial charge < -0.3 is 9.47 Å². The van der Waals surface area contributed by atoms with E-state index in [2.05, 4.69) is 0 Å². The molecule has 0 heterocycles. The second-order valence-corrected chi connectivity index (χ2v) is 3.99. The number of hydrogen-bond acceptors (Lipinski definition) is 4. The van der Waals surface area contributed by atoms with Crippen LogP contribution in [0.25, 0.3) is 0 Å². The smallest absolute Gasteiger partial charge is 0.218 e. The van der Waals surface area contributed by atoms with E-state index < -0.39 is 12.2 Å². The van der Waals surface area contributed by atoms with Crippen molar-refractivity contribution in [3.63, 3.8) is 0 Å². The van der Waals surface area contributed by atoms with Gasteiger partial charge in [0.2, 0.25) is 6.29 Å². The Morgan fingerprint density at radius 3 is 2.47 bits per heavy atom. The highest BCUT2D eigenvalue weighted by molar-refractivity contribution is 6.04. The van der Waals surface area contributed by atoms with Crippen molar-refractivity contribution in [2.24, 2.45) is 11.8 Å². The Morgan fingerprint density at radius 2 is 1.93 bits per heavy atom. The minimum Gasteiger partial charge on any atom is -0.349 e. The highest BCUT2D eigenvalue weighted by atomic mass is 16.7. The summed E-state index contributed by atoms with van der Waals surface area (Å²) in [6.45, 7) is 1.87. The Kier molecular flexibility index (Phi) is 4.42. The molecule has 1 aliphatic carbocycles. The molecule has 2 atom stereocenters. The van der Waals surface area contributed by atoms with Crippen LogP contribution in [0.15, 0.2) is 0 Å². The normalized spacial score (nSPS) is 27.1. The van der Waals surface area contributed by atoms with Crippen LogP contribution in [0, 0.1) is 11.8 Å². The summed E-state index contributed by atoms with van der Waals surface area (Å²) >= 11 is 0. The van der Waals surface area contributed by atoms with E-state index in [4.69, 9.17) is 9.47 Å². The first-order valence-corrected chi connectivity index (χ1v) is 5.24. The molecule has 0 bridgehead atoms. The molecule has 4 heteroatoms. The molecule has 0 spiro atoms. The quantitative estimate of drug-likeness (QED) is 0.521. The largest absolute Gasteiger partial charge is 0.349 e. The summed E-state index contributed by atoms with van der Waals surface area (Å²) < 4.78 is 9.75. The van der Waals surface area contributed by atoms with Crippen molar-refractivity contribution in [1.29, 1.82) is 0 Å². The van der Waals surface area contributed by atoms with Crippen LogP contribution in [0.1, 0.15) is 26.2 Å². The van der Waals surface area contributed by atoms with Gasteiger partial charge in [0.05, 0.1) is 5.92 Å². The van der Waals surface area contributed by atoms with Crippen LogP contribution < -0.4 is 0 Å². The summed E-state index contributed by atoms with van der Waals surface area (Å²) in [4.78, 5) is 23.6. The molecule has 1 aliphatic rings. The lowest BCUT2D eigenvalue weighted by molar-refractivity contribution is -0.164. The second kappa shape index (κ2) is 5.37. The van der Waals surface area contributed by atoms with Gasteiger partial charge in [0.1, 0.15) is 5.78 Å². The summed E-state index contributed by atoms with van der Waals surface area (Å²) in [6, 6.07) is 0. The van der Waals surface area contributed by atoms with E-state index in [1.54, 1.807) is 0 Å². The molecule has 0 saturated heterocycles. The molecule has 0 amide bonds. The van der Waals surface area contributed by atoms with Gasteiger partial charge in [-0.05, 0) is 12.8 Å². The average Bonchev–Trinajstić information content (AvgIpc) is 2.23. The molecule has 0 aromatic carbocycles. The van der Waals surface area contributed by atoms with Gasteiger partial charge in [-0.25, -0.2) is 0 Å². The van der Waals surface area contributed by atoms with E-state index in [1.807, 2.05) is 6.92 Å². The van der Waals surface area contributed by atoms with Crippen LogP contribution in [0.5, 0.6) is 0 Å². The van der Waals surface area contributed by atoms with E-state index in [1.165, 1.54) is 14.2 Å². The minimum atomic E-state index is -0.899. The zero-order chi connectivity index (χ0) is 11.4. The number of carbonyl (C=O) groups excluding carboxylic acids is 2. The van der Waals surface area contributed by atoms with Crippen molar-refractivity contribution >= 4 is 11.6 Å². The van der Waals surface area contributed by atoms with Crippen molar-refractivity contribution in [2.75, 3.05) is 14.2 Å². The van der Waals surface area contributed by atoms with Crippen LogP contribution in [-0.2, 0) is 19.1 Å². The number of methoxy groups -OCH3 is 2. The summed E-state index contributed by atoms with van der Waals surface area (Å²) in [5.41, 5.74) is 0. The Hall–Kier alpha value is -0.740. The standard InChI is InChI=1S/C11H18O4/c1-7-5-4-6-8(9(7)12)10(13)11(14-2)15-3/h7-8,11H,4-6H2,1-3H3. The number of rotatable bonds is 4. The van der Waals surface area contributed by atoms with Gasteiger partial charge in [-0.1, -0.05) is 13.3 Å². The van der Waals surface area contributed by atoms with E-state index in [0.717, 1.165) is 12.8 Å². The Bertz CT molecular complexity index is 245. The maximum Gasteiger partial charge on any atom is 0.218 e. The number of hydrogen-bond donors (Lipinski definition) is 0. The van der Waals surface area contributed by atoms with Crippen LogP contribution in [0.2, 0.25) is 0 Å². The number of carbonyl (C=O) groups is 2. The van der Waals surface area contributed by atoms with E-state index in [-0.39, 0.29) is 17.5 Å². The maximum atomic E-state index is 11.8. The number of Topliss-reactive ketones (excluding diaryl/α,β-unsaturated/α-hetero) is 2. The molecule has 86 valence electrons. The topological polar surface area (TPSA) is 52.6 Å². The molecule has 0 aromatic rings. The van der Waals surface area contributed by atoms with Gasteiger partial charge >= 0.3 is 0 Å². The molecule has 4 nitrogen and oxygen atoms in total. The first-order valence-electron chi connectivity index (χ1n) is 5.24. The summed E-state index contributed by atoms with van der Waals surface area (Å²) in [6.07, 6.45) is 1.53. The Labute approximate surface area is 89.9 Å². The fraction of sp³-hybridized carbons (Fsp3) is 0.818. The average molecular weight is 214 g/mol. The molecule has 0 radical (unpaired) electrons. The first-order chi connectivity index (χ1) is 7.11. The predicted molar refractivity (Wildman–Crippen MR) is 54.3 cm³/mol. The lowest BCUT2D eigenvalue weighted by Gasteiger charge is -2.26. The van der Waals surface area contributed by atoms with Crippen LogP contribution in [0.3, 0.4) is 0 Å². The van der Waals surface area contributed by atoms with Crippen LogP contribution in [0.4, 0.5) is 0 Å². The van der Waals surface area contributed by atoms with Crippen molar-refractivity contribution in [3.05, 3.63) is 0 Å². The number of ketones is 2. The fourth-order valence-corrected chi connectivity index (χ4v) is 2.03. The molecule has 0 aromatic heterocycles.